The van der Waals surface area contributed by atoms with Crippen LogP contribution in [0.2, 0.25) is 0 Å². The highest BCUT2D eigenvalue weighted by molar-refractivity contribution is 7.47. The van der Waals surface area contributed by atoms with Gasteiger partial charge in [-0.25, -0.2) is 9.13 Å². The number of esters is 4. The van der Waals surface area contributed by atoms with E-state index < -0.39 is 97.5 Å². The maximum absolute atomic E-state index is 13.0. The lowest BCUT2D eigenvalue weighted by Gasteiger charge is -2.21. The van der Waals surface area contributed by atoms with Gasteiger partial charge in [0.05, 0.1) is 26.4 Å². The van der Waals surface area contributed by atoms with Gasteiger partial charge in [0.2, 0.25) is 0 Å². The number of rotatable bonds is 64. The molecule has 5 atom stereocenters. The zero-order chi connectivity index (χ0) is 61.3. The summed E-state index contributed by atoms with van der Waals surface area (Å²) in [5, 5.41) is 10.5. The molecule has 0 radical (unpaired) electrons. The number of hydrogen-bond donors (Lipinski definition) is 3. The molecule has 19 heteroatoms. The van der Waals surface area contributed by atoms with Crippen molar-refractivity contribution >= 4 is 39.5 Å². The summed E-state index contributed by atoms with van der Waals surface area (Å²) >= 11 is 0. The van der Waals surface area contributed by atoms with Gasteiger partial charge in [-0.2, -0.15) is 0 Å². The summed E-state index contributed by atoms with van der Waals surface area (Å²) in [6.45, 7) is 7.06. The molecule has 17 nitrogen and oxygen atoms in total. The fourth-order valence-corrected chi connectivity index (χ4v) is 11.2. The average molecular weight is 1230 g/mol. The van der Waals surface area contributed by atoms with Crippen LogP contribution in [-0.4, -0.2) is 96.7 Å². The molecule has 0 aliphatic rings. The number of unbranched alkanes of at least 4 members (excludes halogenated alkanes) is 36. The Balaban J connectivity index is 5.14. The summed E-state index contributed by atoms with van der Waals surface area (Å²) in [7, 11) is -9.88. The second kappa shape index (κ2) is 57.8. The monoisotopic (exact) mass is 1230 g/mol. The van der Waals surface area contributed by atoms with E-state index in [0.29, 0.717) is 31.6 Å². The number of carbonyl (C=O) groups is 4. The average Bonchev–Trinajstić information content (AvgIpc) is 3.45. The quantitative estimate of drug-likeness (QED) is 0.0222. The van der Waals surface area contributed by atoms with Crippen molar-refractivity contribution in [1.82, 2.24) is 0 Å². The molecule has 0 saturated heterocycles. The molecule has 0 aromatic carbocycles. The molecule has 0 fully saturated rings. The topological polar surface area (TPSA) is 237 Å². The lowest BCUT2D eigenvalue weighted by molar-refractivity contribution is -0.161. The molecule has 0 saturated carbocycles. The van der Waals surface area contributed by atoms with Crippen LogP contribution in [0.25, 0.3) is 0 Å². The van der Waals surface area contributed by atoms with E-state index >= 15 is 0 Å². The van der Waals surface area contributed by atoms with Crippen LogP contribution in [0.4, 0.5) is 0 Å². The summed E-state index contributed by atoms with van der Waals surface area (Å²) < 4.78 is 67.8. The fraction of sp³-hybridized carbons (Fsp3) is 0.938. The molecule has 2 unspecified atom stereocenters. The summed E-state index contributed by atoms with van der Waals surface area (Å²) in [6.07, 6.45) is 42.0. The number of phosphoric ester groups is 2. The van der Waals surface area contributed by atoms with Crippen LogP contribution >= 0.6 is 15.6 Å². The van der Waals surface area contributed by atoms with Crippen LogP contribution in [-0.2, 0) is 65.4 Å². The summed E-state index contributed by atoms with van der Waals surface area (Å²) in [6, 6.07) is 0. The largest absolute Gasteiger partial charge is 0.472 e. The van der Waals surface area contributed by atoms with E-state index in [4.69, 9.17) is 37.0 Å². The van der Waals surface area contributed by atoms with Gasteiger partial charge < -0.3 is 33.8 Å². The second-order valence-electron chi connectivity index (χ2n) is 23.6. The van der Waals surface area contributed by atoms with Gasteiger partial charge >= 0.3 is 39.5 Å². The smallest absolute Gasteiger partial charge is 0.462 e. The van der Waals surface area contributed by atoms with Gasteiger partial charge in [0.25, 0.3) is 0 Å². The molecule has 0 aromatic rings. The fourth-order valence-electron chi connectivity index (χ4n) is 9.58. The van der Waals surface area contributed by atoms with Gasteiger partial charge in [0.1, 0.15) is 19.3 Å². The van der Waals surface area contributed by atoms with Crippen molar-refractivity contribution in [2.45, 2.75) is 342 Å². The molecule has 3 N–H and O–H groups in total. The van der Waals surface area contributed by atoms with Gasteiger partial charge in [-0.1, -0.05) is 272 Å². The molecule has 83 heavy (non-hydrogen) atoms. The van der Waals surface area contributed by atoms with Gasteiger partial charge in [0.15, 0.2) is 12.2 Å². The number of phosphoric acid groups is 2. The molecule has 0 bridgehead atoms. The molecule has 0 amide bonds. The van der Waals surface area contributed by atoms with E-state index in [1.165, 1.54) is 128 Å². The van der Waals surface area contributed by atoms with Gasteiger partial charge in [0, 0.05) is 25.7 Å². The Labute approximate surface area is 505 Å². The van der Waals surface area contributed by atoms with Crippen molar-refractivity contribution in [3.05, 3.63) is 0 Å². The van der Waals surface area contributed by atoms with Crippen LogP contribution in [0.1, 0.15) is 324 Å². The highest BCUT2D eigenvalue weighted by Crippen LogP contribution is 2.45. The molecule has 0 aliphatic heterocycles. The van der Waals surface area contributed by atoms with E-state index in [9.17, 15) is 43.2 Å². The van der Waals surface area contributed by atoms with Crippen molar-refractivity contribution in [2.75, 3.05) is 39.6 Å². The Bertz CT molecular complexity index is 1620. The van der Waals surface area contributed by atoms with Crippen molar-refractivity contribution in [2.24, 2.45) is 5.92 Å². The Morgan fingerprint density at radius 2 is 0.554 bits per heavy atom. The standard InChI is InChI=1S/C64H124O17P2/c1-6-9-12-15-18-21-22-23-24-25-26-27-28-29-30-33-40-45-50-64(69)81-60(54-75-62(67)48-43-38-35-34-36-41-46-57(4)5)56-79-83(72,73)77-52-58(65)51-76-82(70,71)78-55-59(80-63(68)49-44-39-32-20-17-14-11-8-3)53-74-61(66)47-42-37-31-19-16-13-10-7-2/h57-60,65H,6-56H2,1-5H3,(H,70,71)(H,72,73)/t58-,59+,60+/m0/s1. The molecular weight excluding hydrogens is 1100 g/mol. The van der Waals surface area contributed by atoms with E-state index in [1.807, 2.05) is 0 Å². The first-order valence-electron chi connectivity index (χ1n) is 33.6. The maximum atomic E-state index is 13.0. The summed E-state index contributed by atoms with van der Waals surface area (Å²) in [4.78, 5) is 72.0. The maximum Gasteiger partial charge on any atom is 0.472 e. The summed E-state index contributed by atoms with van der Waals surface area (Å²) in [5.41, 5.74) is 0. The second-order valence-corrected chi connectivity index (χ2v) is 26.5. The van der Waals surface area contributed by atoms with Crippen molar-refractivity contribution in [3.63, 3.8) is 0 Å². The van der Waals surface area contributed by atoms with Crippen LogP contribution in [0, 0.1) is 5.92 Å². The zero-order valence-electron chi connectivity index (χ0n) is 53.3. The Hall–Kier alpha value is -1.94. The van der Waals surface area contributed by atoms with E-state index in [-0.39, 0.29) is 25.7 Å². The molecule has 0 rings (SSSR count). The van der Waals surface area contributed by atoms with Crippen molar-refractivity contribution < 1.29 is 80.2 Å². The third-order valence-electron chi connectivity index (χ3n) is 14.8. The highest BCUT2D eigenvalue weighted by atomic mass is 31.2. The lowest BCUT2D eigenvalue weighted by Crippen LogP contribution is -2.30. The molecule has 0 aliphatic carbocycles. The van der Waals surface area contributed by atoms with Crippen LogP contribution < -0.4 is 0 Å². The number of aliphatic hydroxyl groups is 1. The number of carbonyl (C=O) groups excluding carboxylic acids is 4. The zero-order valence-corrected chi connectivity index (χ0v) is 55.1. The van der Waals surface area contributed by atoms with Crippen LogP contribution in [0.3, 0.4) is 0 Å². The predicted molar refractivity (Wildman–Crippen MR) is 331 cm³/mol. The van der Waals surface area contributed by atoms with Crippen LogP contribution in [0.15, 0.2) is 0 Å². The number of aliphatic hydroxyl groups excluding tert-OH is 1. The minimum Gasteiger partial charge on any atom is -0.462 e. The van der Waals surface area contributed by atoms with Gasteiger partial charge in [-0.05, 0) is 31.6 Å². The Morgan fingerprint density at radius 1 is 0.325 bits per heavy atom. The van der Waals surface area contributed by atoms with E-state index in [0.717, 1.165) is 109 Å². The first kappa shape index (κ1) is 81.1. The third kappa shape index (κ3) is 58.8. The van der Waals surface area contributed by atoms with Crippen molar-refractivity contribution in [1.29, 1.82) is 0 Å². The molecule has 492 valence electrons. The first-order valence-corrected chi connectivity index (χ1v) is 36.6. The molecule has 0 heterocycles. The highest BCUT2D eigenvalue weighted by Gasteiger charge is 2.30. The van der Waals surface area contributed by atoms with Crippen molar-refractivity contribution in [3.8, 4) is 0 Å². The predicted octanol–water partition coefficient (Wildman–Crippen LogP) is 17.8. The minimum atomic E-state index is -4.94. The SMILES string of the molecule is CCCCCCCCCCCCCCCCCCCCC(=O)O[C@H](COC(=O)CCCCCCCCC(C)C)COP(=O)(O)OC[C@@H](O)COP(=O)(O)OC[C@@H](COC(=O)CCCCCCCCCC)OC(=O)CCCCCCCCCC. The Kier molecular flexibility index (Phi) is 56.4. The number of hydrogen-bond acceptors (Lipinski definition) is 15. The molecule has 0 spiro atoms. The summed E-state index contributed by atoms with van der Waals surface area (Å²) in [5.74, 6) is -1.46. The Morgan fingerprint density at radius 3 is 0.819 bits per heavy atom. The van der Waals surface area contributed by atoms with Gasteiger partial charge in [-0.3, -0.25) is 37.3 Å². The molecule has 0 aromatic heterocycles. The number of ether oxygens (including phenoxy) is 4. The minimum absolute atomic E-state index is 0.105. The van der Waals surface area contributed by atoms with E-state index in [1.54, 1.807) is 0 Å². The lowest BCUT2D eigenvalue weighted by atomic mass is 10.0. The van der Waals surface area contributed by atoms with E-state index in [2.05, 4.69) is 34.6 Å². The third-order valence-corrected chi connectivity index (χ3v) is 16.7. The van der Waals surface area contributed by atoms with Crippen LogP contribution in [0.5, 0.6) is 0 Å². The van der Waals surface area contributed by atoms with Gasteiger partial charge in [-0.15, -0.1) is 0 Å². The first-order chi connectivity index (χ1) is 40.0. The molecular formula is C64H124O17P2. The normalized spacial score (nSPS) is 14.2.